The molecule has 14 heteroatoms. The van der Waals surface area contributed by atoms with Crippen LogP contribution in [0.4, 0.5) is 13.2 Å². The highest BCUT2D eigenvalue weighted by Gasteiger charge is 2.37. The number of β-amino-alcohol motifs (C(OH)–C–C–N with tert-alkyl or cyclic N) is 1. The second kappa shape index (κ2) is 13.1. The van der Waals surface area contributed by atoms with Gasteiger partial charge in [-0.3, -0.25) is 9.69 Å². The summed E-state index contributed by atoms with van der Waals surface area (Å²) in [5.74, 6) is 0.644. The fourth-order valence-electron chi connectivity index (χ4n) is 6.70. The molecule has 4 heterocycles. The maximum atomic E-state index is 14.0. The lowest BCUT2D eigenvalue weighted by atomic mass is 9.95. The number of pyridine rings is 2. The number of rotatable bonds is 9. The summed E-state index contributed by atoms with van der Waals surface area (Å²) in [6, 6.07) is 14.6. The van der Waals surface area contributed by atoms with Crippen LogP contribution in [0.25, 0.3) is 33.7 Å². The molecule has 0 unspecified atom stereocenters. The first kappa shape index (κ1) is 33.1. The average molecular weight is 697 g/mol. The van der Waals surface area contributed by atoms with Gasteiger partial charge in [0.1, 0.15) is 11.7 Å². The van der Waals surface area contributed by atoms with Crippen LogP contribution in [-0.2, 0) is 25.7 Å². The van der Waals surface area contributed by atoms with E-state index >= 15 is 0 Å². The van der Waals surface area contributed by atoms with Crippen molar-refractivity contribution in [2.24, 2.45) is 0 Å². The van der Waals surface area contributed by atoms with Crippen molar-refractivity contribution in [1.29, 1.82) is 0 Å². The topological polar surface area (TPSA) is 123 Å². The van der Waals surface area contributed by atoms with Gasteiger partial charge in [0.2, 0.25) is 17.7 Å². The third-order valence-corrected chi connectivity index (χ3v) is 9.42. The molecule has 1 aliphatic carbocycles. The van der Waals surface area contributed by atoms with E-state index < -0.39 is 35.0 Å². The second-order valence-electron chi connectivity index (χ2n) is 12.1. The molecule has 256 valence electrons. The van der Waals surface area contributed by atoms with E-state index in [9.17, 15) is 28.2 Å². The smallest absolute Gasteiger partial charge is 0.421 e. The molecule has 0 spiro atoms. The highest BCUT2D eigenvalue weighted by Crippen LogP contribution is 2.44. The van der Waals surface area contributed by atoms with Crippen LogP contribution in [0.3, 0.4) is 0 Å². The molecule has 2 aliphatic rings. The van der Waals surface area contributed by atoms with Crippen LogP contribution < -0.4 is 15.0 Å². The number of methoxy groups -OCH3 is 1. The molecule has 3 aromatic heterocycles. The van der Waals surface area contributed by atoms with E-state index in [2.05, 4.69) is 14.9 Å². The van der Waals surface area contributed by atoms with E-state index in [1.54, 1.807) is 25.3 Å². The average Bonchev–Trinajstić information content (AvgIpc) is 3.81. The SMILES string of the molecule is COc1nc(O[C@H]2CCc3c(-c4cccc(-c5nc6c(=O)n(CCO)cc(C(F)(F)F)c6o5)c4Cl)cccc32)ccc1CN1CC[C@@H](O)C1. The van der Waals surface area contributed by atoms with Crippen molar-refractivity contribution < 1.29 is 37.3 Å². The summed E-state index contributed by atoms with van der Waals surface area (Å²) >= 11 is 6.93. The number of halogens is 4. The Balaban J connectivity index is 1.19. The summed E-state index contributed by atoms with van der Waals surface area (Å²) in [7, 11) is 1.56. The van der Waals surface area contributed by atoms with Crippen LogP contribution in [0, 0.1) is 0 Å². The molecule has 7 rings (SSSR count). The molecule has 0 saturated carbocycles. The molecule has 0 bridgehead atoms. The van der Waals surface area contributed by atoms with Crippen LogP contribution in [0.1, 0.15) is 41.2 Å². The van der Waals surface area contributed by atoms with Crippen molar-refractivity contribution in [3.8, 4) is 34.3 Å². The zero-order valence-corrected chi connectivity index (χ0v) is 27.1. The quantitative estimate of drug-likeness (QED) is 0.190. The molecular weight excluding hydrogens is 665 g/mol. The predicted molar refractivity (Wildman–Crippen MR) is 175 cm³/mol. The van der Waals surface area contributed by atoms with Crippen LogP contribution >= 0.6 is 11.6 Å². The van der Waals surface area contributed by atoms with Gasteiger partial charge in [-0.2, -0.15) is 18.2 Å². The number of fused-ring (bicyclic) bond motifs is 2. The fourth-order valence-corrected chi connectivity index (χ4v) is 7.01. The van der Waals surface area contributed by atoms with Crippen LogP contribution in [0.2, 0.25) is 5.02 Å². The van der Waals surface area contributed by atoms with Gasteiger partial charge in [-0.1, -0.05) is 41.9 Å². The van der Waals surface area contributed by atoms with Gasteiger partial charge in [0.25, 0.3) is 5.56 Å². The zero-order valence-electron chi connectivity index (χ0n) is 26.3. The van der Waals surface area contributed by atoms with Gasteiger partial charge in [-0.15, -0.1) is 0 Å². The molecule has 2 N–H and O–H groups in total. The maximum Gasteiger partial charge on any atom is 0.421 e. The first-order valence-electron chi connectivity index (χ1n) is 15.8. The fraction of sp³-hybridized carbons (Fsp3) is 0.343. The molecule has 2 aromatic carbocycles. The molecule has 0 amide bonds. The Labute approximate surface area is 283 Å². The minimum Gasteiger partial charge on any atom is -0.481 e. The van der Waals surface area contributed by atoms with Crippen molar-refractivity contribution >= 4 is 22.7 Å². The maximum absolute atomic E-state index is 14.0. The lowest BCUT2D eigenvalue weighted by Gasteiger charge is -2.19. The summed E-state index contributed by atoms with van der Waals surface area (Å²) < 4.78 is 60.2. The summed E-state index contributed by atoms with van der Waals surface area (Å²) in [6.45, 7) is 1.15. The van der Waals surface area contributed by atoms with Gasteiger partial charge >= 0.3 is 6.18 Å². The van der Waals surface area contributed by atoms with E-state index in [0.717, 1.165) is 39.8 Å². The molecule has 0 radical (unpaired) electrons. The summed E-state index contributed by atoms with van der Waals surface area (Å²) in [5, 5.41) is 19.4. The summed E-state index contributed by atoms with van der Waals surface area (Å²) in [6.07, 6.45) is -2.75. The second-order valence-corrected chi connectivity index (χ2v) is 12.5. The molecule has 1 fully saturated rings. The number of likely N-dealkylation sites (tertiary alicyclic amines) is 1. The normalized spacial score (nSPS) is 17.9. The first-order chi connectivity index (χ1) is 23.5. The van der Waals surface area contributed by atoms with Gasteiger partial charge < -0.3 is 28.7 Å². The molecular formula is C35H32ClF3N4O6. The Hall–Kier alpha value is -4.43. The van der Waals surface area contributed by atoms with Crippen molar-refractivity contribution in [3.63, 3.8) is 0 Å². The first-order valence-corrected chi connectivity index (χ1v) is 16.2. The van der Waals surface area contributed by atoms with Crippen LogP contribution in [-0.4, -0.2) is 62.6 Å². The number of ether oxygens (including phenoxy) is 2. The van der Waals surface area contributed by atoms with E-state index in [0.29, 0.717) is 49.5 Å². The largest absolute Gasteiger partial charge is 0.481 e. The summed E-state index contributed by atoms with van der Waals surface area (Å²) in [4.78, 5) is 23.9. The van der Waals surface area contributed by atoms with E-state index in [-0.39, 0.29) is 35.2 Å². The van der Waals surface area contributed by atoms with Crippen LogP contribution in [0.5, 0.6) is 11.8 Å². The highest BCUT2D eigenvalue weighted by atomic mass is 35.5. The standard InChI is InChI=1S/C35H32ClF3N4O6/c1-47-32-19(16-42-13-12-20(45)17-42)8-11-28(40-32)48-27-10-9-22-21(4-2-5-23(22)27)24-6-3-7-25(29(24)36)33-41-30-31(49-33)26(35(37,38)39)18-43(14-15-44)34(30)46/h2-8,11,18,20,27,44-45H,9-10,12-17H2,1H3/t20-,27+/m1/s1. The number of oxazole rings is 1. The lowest BCUT2D eigenvalue weighted by Crippen LogP contribution is -2.24. The lowest BCUT2D eigenvalue weighted by molar-refractivity contribution is -0.137. The van der Waals surface area contributed by atoms with Crippen molar-refractivity contribution in [2.75, 3.05) is 26.8 Å². The minimum atomic E-state index is -4.84. The number of benzene rings is 2. The van der Waals surface area contributed by atoms with Gasteiger partial charge in [-0.25, -0.2) is 4.98 Å². The Kier molecular flexibility index (Phi) is 8.86. The number of nitrogens with zero attached hydrogens (tertiary/aromatic N) is 4. The van der Waals surface area contributed by atoms with Gasteiger partial charge in [0.05, 0.1) is 30.4 Å². The minimum absolute atomic E-state index is 0.198. The van der Waals surface area contributed by atoms with Crippen molar-refractivity contribution in [3.05, 3.63) is 92.4 Å². The van der Waals surface area contributed by atoms with Crippen molar-refractivity contribution in [1.82, 2.24) is 19.4 Å². The Bertz CT molecular complexity index is 2100. The third-order valence-electron chi connectivity index (χ3n) is 9.01. The van der Waals surface area contributed by atoms with Crippen LogP contribution in [0.15, 0.2) is 63.9 Å². The predicted octanol–water partition coefficient (Wildman–Crippen LogP) is 6.02. The van der Waals surface area contributed by atoms with Gasteiger partial charge in [-0.05, 0) is 48.1 Å². The van der Waals surface area contributed by atoms with Crippen molar-refractivity contribution in [2.45, 2.75) is 50.7 Å². The van der Waals surface area contributed by atoms with E-state index in [1.165, 1.54) is 0 Å². The van der Waals surface area contributed by atoms with E-state index in [4.69, 9.17) is 25.5 Å². The number of hydrogen-bond acceptors (Lipinski definition) is 9. The molecule has 1 aliphatic heterocycles. The monoisotopic (exact) mass is 696 g/mol. The molecule has 10 nitrogen and oxygen atoms in total. The van der Waals surface area contributed by atoms with Gasteiger partial charge in [0, 0.05) is 49.6 Å². The summed E-state index contributed by atoms with van der Waals surface area (Å²) in [5.41, 5.74) is 1.32. The highest BCUT2D eigenvalue weighted by molar-refractivity contribution is 6.36. The molecule has 49 heavy (non-hydrogen) atoms. The number of hydrogen-bond donors (Lipinski definition) is 2. The van der Waals surface area contributed by atoms with Gasteiger partial charge in [0.15, 0.2) is 11.1 Å². The van der Waals surface area contributed by atoms with E-state index in [1.807, 2.05) is 30.3 Å². The Morgan fingerprint density at radius 3 is 2.57 bits per heavy atom. The number of aromatic nitrogens is 3. The number of aliphatic hydroxyl groups is 2. The zero-order chi connectivity index (χ0) is 34.4. The number of aliphatic hydroxyl groups excluding tert-OH is 2. The Morgan fingerprint density at radius 1 is 1.06 bits per heavy atom. The molecule has 2 atom stereocenters. The third kappa shape index (κ3) is 6.27. The Morgan fingerprint density at radius 2 is 1.84 bits per heavy atom. The molecule has 1 saturated heterocycles. The molecule has 5 aromatic rings. The number of alkyl halides is 3.